The lowest BCUT2D eigenvalue weighted by atomic mass is 9.83. The molecule has 3 aromatic rings. The molecule has 0 saturated heterocycles. The fourth-order valence-electron chi connectivity index (χ4n) is 3.76. The Hall–Kier alpha value is -3.85. The molecule has 9 nitrogen and oxygen atoms in total. The smallest absolute Gasteiger partial charge is 0.313 e. The molecule has 0 fully saturated rings. The number of nitrogens with zero attached hydrogens (tertiary/aromatic N) is 1. The number of esters is 1. The van der Waals surface area contributed by atoms with E-state index in [1.54, 1.807) is 24.3 Å². The first-order valence-corrected chi connectivity index (χ1v) is 11.4. The number of phenolic OH excluding ortho intramolecular Hbond substituents is 1. The van der Waals surface area contributed by atoms with Crippen molar-refractivity contribution in [3.8, 4) is 11.5 Å². The quantitative estimate of drug-likeness (QED) is 0.243. The summed E-state index contributed by atoms with van der Waals surface area (Å²) in [6.07, 6.45) is 4.52. The minimum Gasteiger partial charge on any atom is -0.504 e. The van der Waals surface area contributed by atoms with E-state index in [4.69, 9.17) is 9.47 Å². The van der Waals surface area contributed by atoms with Crippen molar-refractivity contribution >= 4 is 28.6 Å². The summed E-state index contributed by atoms with van der Waals surface area (Å²) in [6, 6.07) is 12.0. The van der Waals surface area contributed by atoms with E-state index in [0.29, 0.717) is 30.0 Å². The number of nitrogens with one attached hydrogen (secondary N) is 3. The second kappa shape index (κ2) is 11.5. The van der Waals surface area contributed by atoms with Crippen molar-refractivity contribution in [2.75, 3.05) is 32.6 Å². The first-order valence-electron chi connectivity index (χ1n) is 11.4. The highest BCUT2D eigenvalue weighted by atomic mass is 16.5. The third-order valence-corrected chi connectivity index (χ3v) is 5.88. The lowest BCUT2D eigenvalue weighted by molar-refractivity contribution is -0.151. The highest BCUT2D eigenvalue weighted by Crippen LogP contribution is 2.28. The van der Waals surface area contributed by atoms with Crippen LogP contribution in [0.2, 0.25) is 0 Å². The molecule has 2 aromatic carbocycles. The van der Waals surface area contributed by atoms with Gasteiger partial charge in [0.2, 0.25) is 0 Å². The van der Waals surface area contributed by atoms with Gasteiger partial charge in [-0.1, -0.05) is 36.4 Å². The molecule has 0 spiro atoms. The van der Waals surface area contributed by atoms with Gasteiger partial charge in [-0.15, -0.1) is 0 Å². The van der Waals surface area contributed by atoms with Crippen LogP contribution in [0.25, 0.3) is 16.8 Å². The summed E-state index contributed by atoms with van der Waals surface area (Å²) in [5.74, 6) is 0.725. The lowest BCUT2D eigenvalue weighted by Gasteiger charge is -2.30. The molecular formula is C26H32N4O5. The zero-order valence-electron chi connectivity index (χ0n) is 20.4. The van der Waals surface area contributed by atoms with E-state index in [1.165, 1.54) is 14.2 Å². The van der Waals surface area contributed by atoms with Gasteiger partial charge in [0.1, 0.15) is 0 Å². The minimum atomic E-state index is -0.823. The Morgan fingerprint density at radius 2 is 1.91 bits per heavy atom. The first-order chi connectivity index (χ1) is 16.8. The standard InChI is InChI=1S/C26H32N4O5/c1-26(2,25(33)35-4)22(13-11-17-10-12-20(31)21(16-17)34-3)27-14-7-15-28-23-18-8-5-6-9-19(18)24(32)30-29-23/h5-6,8-13,16,22,27,31H,7,14-15H2,1-4H3,(H,28,29)(H,30,32). The van der Waals surface area contributed by atoms with Crippen molar-refractivity contribution in [2.24, 2.45) is 5.41 Å². The molecule has 9 heteroatoms. The van der Waals surface area contributed by atoms with E-state index in [9.17, 15) is 14.7 Å². The van der Waals surface area contributed by atoms with Crippen LogP contribution in [0.5, 0.6) is 11.5 Å². The second-order valence-corrected chi connectivity index (χ2v) is 8.66. The van der Waals surface area contributed by atoms with E-state index >= 15 is 0 Å². The number of anilines is 1. The highest BCUT2D eigenvalue weighted by Gasteiger charge is 2.36. The van der Waals surface area contributed by atoms with Crippen LogP contribution in [0.3, 0.4) is 0 Å². The van der Waals surface area contributed by atoms with Crippen molar-refractivity contribution < 1.29 is 19.4 Å². The number of H-pyrrole nitrogens is 1. The Bertz CT molecular complexity index is 1250. The molecule has 4 N–H and O–H groups in total. The van der Waals surface area contributed by atoms with E-state index < -0.39 is 5.41 Å². The Kier molecular flexibility index (Phi) is 8.48. The maximum atomic E-state index is 12.5. The number of phenols is 1. The Morgan fingerprint density at radius 1 is 1.17 bits per heavy atom. The van der Waals surface area contributed by atoms with Crippen molar-refractivity contribution in [3.63, 3.8) is 0 Å². The summed E-state index contributed by atoms with van der Waals surface area (Å²) < 4.78 is 10.2. The number of fused-ring (bicyclic) bond motifs is 1. The van der Waals surface area contributed by atoms with Crippen LogP contribution < -0.4 is 20.9 Å². The van der Waals surface area contributed by atoms with Gasteiger partial charge < -0.3 is 25.2 Å². The molecule has 0 bridgehead atoms. The normalized spacial score (nSPS) is 12.6. The third kappa shape index (κ3) is 6.19. The van der Waals surface area contributed by atoms with Crippen molar-refractivity contribution in [1.82, 2.24) is 15.5 Å². The number of carbonyl (C=O) groups excluding carboxylic acids is 1. The second-order valence-electron chi connectivity index (χ2n) is 8.66. The van der Waals surface area contributed by atoms with Crippen molar-refractivity contribution in [3.05, 3.63) is 64.5 Å². The summed E-state index contributed by atoms with van der Waals surface area (Å²) >= 11 is 0. The predicted octanol–water partition coefficient (Wildman–Crippen LogP) is 3.31. The molecule has 0 radical (unpaired) electrons. The van der Waals surface area contributed by atoms with Crippen LogP contribution in [0.1, 0.15) is 25.8 Å². The van der Waals surface area contributed by atoms with Crippen molar-refractivity contribution in [1.29, 1.82) is 0 Å². The van der Waals surface area contributed by atoms with E-state index in [2.05, 4.69) is 20.8 Å². The van der Waals surface area contributed by atoms with Crippen molar-refractivity contribution in [2.45, 2.75) is 26.3 Å². The maximum absolute atomic E-state index is 12.5. The molecule has 35 heavy (non-hydrogen) atoms. The van der Waals surface area contributed by atoms with Gasteiger partial charge in [0, 0.05) is 18.0 Å². The molecule has 1 aromatic heterocycles. The molecule has 0 aliphatic carbocycles. The van der Waals surface area contributed by atoms with Crippen LogP contribution in [0.15, 0.2) is 53.3 Å². The zero-order valence-corrected chi connectivity index (χ0v) is 20.4. The molecule has 186 valence electrons. The van der Waals surface area contributed by atoms with Gasteiger partial charge in [0.15, 0.2) is 17.3 Å². The maximum Gasteiger partial charge on any atom is 0.313 e. The van der Waals surface area contributed by atoms with Gasteiger partial charge in [-0.25, -0.2) is 5.10 Å². The van der Waals surface area contributed by atoms with Crippen LogP contribution in [0, 0.1) is 5.41 Å². The number of ether oxygens (including phenoxy) is 2. The first kappa shape index (κ1) is 25.8. The van der Waals surface area contributed by atoms with Crippen LogP contribution in [0.4, 0.5) is 5.82 Å². The Balaban J connectivity index is 1.66. The molecule has 0 amide bonds. The number of carbonyl (C=O) groups is 1. The van der Waals surface area contributed by atoms with Crippen LogP contribution >= 0.6 is 0 Å². The predicted molar refractivity (Wildman–Crippen MR) is 137 cm³/mol. The molecule has 1 atom stereocenters. The molecule has 1 heterocycles. The third-order valence-electron chi connectivity index (χ3n) is 5.88. The summed E-state index contributed by atoms with van der Waals surface area (Å²) in [4.78, 5) is 24.4. The molecule has 0 aliphatic rings. The topological polar surface area (TPSA) is 126 Å². The van der Waals surface area contributed by atoms with E-state index in [1.807, 2.05) is 44.2 Å². The van der Waals surface area contributed by atoms with Gasteiger partial charge in [0.05, 0.1) is 25.0 Å². The van der Waals surface area contributed by atoms with E-state index in [0.717, 1.165) is 17.4 Å². The van der Waals surface area contributed by atoms with E-state index in [-0.39, 0.29) is 23.3 Å². The number of hydrogen-bond donors (Lipinski definition) is 4. The van der Waals surface area contributed by atoms with Gasteiger partial charge in [-0.3, -0.25) is 9.59 Å². The number of aromatic nitrogens is 2. The SMILES string of the molecule is COC(=O)C(C)(C)C(C=Cc1ccc(O)c(OC)c1)NCCCNc1n[nH]c(=O)c2ccccc12. The minimum absolute atomic E-state index is 0.0616. The number of aromatic amines is 1. The number of methoxy groups -OCH3 is 2. The fourth-order valence-corrected chi connectivity index (χ4v) is 3.76. The molecule has 3 rings (SSSR count). The van der Waals surface area contributed by atoms with Gasteiger partial charge in [-0.05, 0) is 50.6 Å². The molecule has 0 aliphatic heterocycles. The summed E-state index contributed by atoms with van der Waals surface area (Å²) in [6.45, 7) is 4.88. The zero-order chi connectivity index (χ0) is 25.4. The fraction of sp³-hybridized carbons (Fsp3) is 0.346. The average Bonchev–Trinajstić information content (AvgIpc) is 2.87. The van der Waals surface area contributed by atoms with Gasteiger partial charge in [0.25, 0.3) is 5.56 Å². The summed E-state index contributed by atoms with van der Waals surface area (Å²) in [5, 5.41) is 24.5. The summed E-state index contributed by atoms with van der Waals surface area (Å²) in [7, 11) is 2.87. The number of rotatable bonds is 11. The number of aromatic hydroxyl groups is 1. The summed E-state index contributed by atoms with van der Waals surface area (Å²) in [5.41, 5.74) is -0.223. The van der Waals surface area contributed by atoms with Crippen LogP contribution in [-0.2, 0) is 9.53 Å². The molecule has 1 unspecified atom stereocenters. The number of hydrogen-bond acceptors (Lipinski definition) is 8. The monoisotopic (exact) mass is 480 g/mol. The molecule has 0 saturated carbocycles. The average molecular weight is 481 g/mol. The lowest BCUT2D eigenvalue weighted by Crippen LogP contribution is -2.46. The van der Waals surface area contributed by atoms with Crippen LogP contribution in [-0.4, -0.2) is 54.6 Å². The largest absolute Gasteiger partial charge is 0.504 e. The Morgan fingerprint density at radius 3 is 2.63 bits per heavy atom. The van der Waals surface area contributed by atoms with Gasteiger partial charge in [-0.2, -0.15) is 5.10 Å². The highest BCUT2D eigenvalue weighted by molar-refractivity contribution is 5.90. The number of benzene rings is 2. The van der Waals surface area contributed by atoms with Gasteiger partial charge >= 0.3 is 5.97 Å². The Labute approximate surface area is 204 Å². The molecular weight excluding hydrogens is 448 g/mol.